The molecule has 0 aliphatic rings. The standard InChI is InChI=1S/C24H33N3O5S/c1-17(2)25-24(29)19(4)26(15-20-9-13-22(32-5)14-10-20)23(28)16-27(33(6,30)31)21-11-7-18(3)8-12-21/h7-14,17,19H,15-16H2,1-6H3,(H,25,29)/t19-/m0/s1. The minimum Gasteiger partial charge on any atom is -0.497 e. The maximum atomic E-state index is 13.4. The highest BCUT2D eigenvalue weighted by Gasteiger charge is 2.30. The normalized spacial score (nSPS) is 12.2. The van der Waals surface area contributed by atoms with Crippen molar-refractivity contribution in [2.45, 2.75) is 46.3 Å². The summed E-state index contributed by atoms with van der Waals surface area (Å²) in [5, 5.41) is 2.82. The molecule has 0 aliphatic carbocycles. The van der Waals surface area contributed by atoms with E-state index in [4.69, 9.17) is 4.74 Å². The van der Waals surface area contributed by atoms with Crippen LogP contribution in [0.3, 0.4) is 0 Å². The summed E-state index contributed by atoms with van der Waals surface area (Å²) in [6, 6.07) is 13.1. The topological polar surface area (TPSA) is 96.0 Å². The minimum absolute atomic E-state index is 0.0991. The van der Waals surface area contributed by atoms with Gasteiger partial charge in [-0.25, -0.2) is 8.42 Å². The summed E-state index contributed by atoms with van der Waals surface area (Å²) in [6.07, 6.45) is 1.06. The number of hydrogen-bond acceptors (Lipinski definition) is 5. The van der Waals surface area contributed by atoms with Gasteiger partial charge in [-0.3, -0.25) is 13.9 Å². The second kappa shape index (κ2) is 11.2. The molecule has 0 saturated heterocycles. The lowest BCUT2D eigenvalue weighted by atomic mass is 10.1. The van der Waals surface area contributed by atoms with Crippen molar-refractivity contribution in [2.75, 3.05) is 24.2 Å². The Labute approximate surface area is 196 Å². The third-order valence-electron chi connectivity index (χ3n) is 5.11. The largest absolute Gasteiger partial charge is 0.497 e. The molecule has 2 aromatic carbocycles. The highest BCUT2D eigenvalue weighted by molar-refractivity contribution is 7.92. The molecule has 8 nitrogen and oxygen atoms in total. The van der Waals surface area contributed by atoms with E-state index in [0.717, 1.165) is 21.7 Å². The van der Waals surface area contributed by atoms with Gasteiger partial charge in [-0.15, -0.1) is 0 Å². The summed E-state index contributed by atoms with van der Waals surface area (Å²) < 4.78 is 31.3. The van der Waals surface area contributed by atoms with Crippen LogP contribution in [0.4, 0.5) is 5.69 Å². The second-order valence-electron chi connectivity index (χ2n) is 8.31. The van der Waals surface area contributed by atoms with E-state index in [0.29, 0.717) is 11.4 Å². The third kappa shape index (κ3) is 7.49. The Morgan fingerprint density at radius 3 is 2.06 bits per heavy atom. The molecule has 0 radical (unpaired) electrons. The first-order chi connectivity index (χ1) is 15.4. The molecular formula is C24H33N3O5S. The zero-order chi connectivity index (χ0) is 24.8. The lowest BCUT2D eigenvalue weighted by molar-refractivity contribution is -0.139. The Kier molecular flexibility index (Phi) is 8.87. The van der Waals surface area contributed by atoms with Gasteiger partial charge in [0.2, 0.25) is 21.8 Å². The Balaban J connectivity index is 2.36. The first-order valence-corrected chi connectivity index (χ1v) is 12.5. The summed E-state index contributed by atoms with van der Waals surface area (Å²) in [5.41, 5.74) is 2.15. The van der Waals surface area contributed by atoms with Crippen molar-refractivity contribution in [3.8, 4) is 5.75 Å². The predicted octanol–water partition coefficient (Wildman–Crippen LogP) is 2.71. The average Bonchev–Trinajstić information content (AvgIpc) is 2.75. The molecule has 0 heterocycles. The lowest BCUT2D eigenvalue weighted by Gasteiger charge is -2.32. The molecule has 2 amide bonds. The maximum Gasteiger partial charge on any atom is 0.244 e. The number of aryl methyl sites for hydroxylation is 1. The smallest absolute Gasteiger partial charge is 0.244 e. The zero-order valence-corrected chi connectivity index (χ0v) is 20.8. The number of rotatable bonds is 10. The van der Waals surface area contributed by atoms with Gasteiger partial charge in [0.15, 0.2) is 0 Å². The number of ether oxygens (including phenoxy) is 1. The van der Waals surface area contributed by atoms with Crippen molar-refractivity contribution in [1.29, 1.82) is 0 Å². The second-order valence-corrected chi connectivity index (χ2v) is 10.2. The number of benzene rings is 2. The van der Waals surface area contributed by atoms with Crippen LogP contribution in [0.25, 0.3) is 0 Å². The Hall–Kier alpha value is -3.07. The number of anilines is 1. The molecule has 0 spiro atoms. The van der Waals surface area contributed by atoms with Gasteiger partial charge in [0.25, 0.3) is 0 Å². The van der Waals surface area contributed by atoms with Crippen molar-refractivity contribution >= 4 is 27.5 Å². The monoisotopic (exact) mass is 475 g/mol. The van der Waals surface area contributed by atoms with Crippen LogP contribution in [0, 0.1) is 6.92 Å². The van der Waals surface area contributed by atoms with E-state index in [1.807, 2.05) is 20.8 Å². The Morgan fingerprint density at radius 2 is 1.58 bits per heavy atom. The van der Waals surface area contributed by atoms with E-state index >= 15 is 0 Å². The number of hydrogen-bond donors (Lipinski definition) is 1. The van der Waals surface area contributed by atoms with Gasteiger partial charge in [-0.1, -0.05) is 29.8 Å². The van der Waals surface area contributed by atoms with Crippen LogP contribution in [-0.2, 0) is 26.2 Å². The van der Waals surface area contributed by atoms with Gasteiger partial charge >= 0.3 is 0 Å². The van der Waals surface area contributed by atoms with Gasteiger partial charge in [0.05, 0.1) is 19.1 Å². The highest BCUT2D eigenvalue weighted by atomic mass is 32.2. The molecule has 0 saturated carbocycles. The van der Waals surface area contributed by atoms with E-state index in [2.05, 4.69) is 5.32 Å². The van der Waals surface area contributed by atoms with Crippen LogP contribution in [0.15, 0.2) is 48.5 Å². The maximum absolute atomic E-state index is 13.4. The van der Waals surface area contributed by atoms with E-state index < -0.39 is 28.5 Å². The molecule has 0 unspecified atom stereocenters. The van der Waals surface area contributed by atoms with Crippen molar-refractivity contribution in [3.63, 3.8) is 0 Å². The number of sulfonamides is 1. The summed E-state index contributed by atoms with van der Waals surface area (Å²) in [5.74, 6) is -0.124. The molecule has 1 N–H and O–H groups in total. The van der Waals surface area contributed by atoms with Gasteiger partial charge in [-0.05, 0) is 57.5 Å². The van der Waals surface area contributed by atoms with Gasteiger partial charge in [0, 0.05) is 12.6 Å². The molecule has 9 heteroatoms. The fourth-order valence-corrected chi connectivity index (χ4v) is 4.09. The van der Waals surface area contributed by atoms with Gasteiger partial charge in [0.1, 0.15) is 18.3 Å². The molecule has 33 heavy (non-hydrogen) atoms. The predicted molar refractivity (Wildman–Crippen MR) is 130 cm³/mol. The van der Waals surface area contributed by atoms with Crippen LogP contribution >= 0.6 is 0 Å². The van der Waals surface area contributed by atoms with Crippen molar-refractivity contribution in [3.05, 3.63) is 59.7 Å². The summed E-state index contributed by atoms with van der Waals surface area (Å²) in [6.45, 7) is 6.92. The van der Waals surface area contributed by atoms with Crippen molar-refractivity contribution in [2.24, 2.45) is 0 Å². The average molecular weight is 476 g/mol. The number of amides is 2. The molecule has 0 fully saturated rings. The fraction of sp³-hybridized carbons (Fsp3) is 0.417. The third-order valence-corrected chi connectivity index (χ3v) is 6.25. The van der Waals surface area contributed by atoms with Gasteiger partial charge in [-0.2, -0.15) is 0 Å². The molecule has 180 valence electrons. The van der Waals surface area contributed by atoms with Crippen LogP contribution in [0.5, 0.6) is 5.75 Å². The quantitative estimate of drug-likeness (QED) is 0.570. The summed E-state index contributed by atoms with van der Waals surface area (Å²) in [4.78, 5) is 27.5. The first kappa shape index (κ1) is 26.2. The molecule has 2 rings (SSSR count). The van der Waals surface area contributed by atoms with Crippen LogP contribution in [0.1, 0.15) is 31.9 Å². The van der Waals surface area contributed by atoms with E-state index in [-0.39, 0.29) is 18.5 Å². The minimum atomic E-state index is -3.74. The molecular weight excluding hydrogens is 442 g/mol. The first-order valence-electron chi connectivity index (χ1n) is 10.7. The highest BCUT2D eigenvalue weighted by Crippen LogP contribution is 2.20. The Bertz CT molecular complexity index is 1050. The van der Waals surface area contributed by atoms with Crippen molar-refractivity contribution in [1.82, 2.24) is 10.2 Å². The van der Waals surface area contributed by atoms with Crippen LogP contribution in [-0.4, -0.2) is 57.1 Å². The fourth-order valence-electron chi connectivity index (χ4n) is 3.24. The lowest BCUT2D eigenvalue weighted by Crippen LogP contribution is -2.52. The molecule has 0 bridgehead atoms. The number of nitrogens with zero attached hydrogens (tertiary/aromatic N) is 2. The number of carbonyl (C=O) groups excluding carboxylic acids is 2. The summed E-state index contributed by atoms with van der Waals surface area (Å²) in [7, 11) is -2.17. The van der Waals surface area contributed by atoms with E-state index in [9.17, 15) is 18.0 Å². The number of nitrogens with one attached hydrogen (secondary N) is 1. The van der Waals surface area contributed by atoms with Crippen LogP contribution in [0.2, 0.25) is 0 Å². The van der Waals surface area contributed by atoms with Gasteiger partial charge < -0.3 is 15.0 Å². The van der Waals surface area contributed by atoms with Crippen molar-refractivity contribution < 1.29 is 22.7 Å². The number of carbonyl (C=O) groups is 2. The molecule has 2 aromatic rings. The number of methoxy groups -OCH3 is 1. The zero-order valence-electron chi connectivity index (χ0n) is 20.0. The summed E-state index contributed by atoms with van der Waals surface area (Å²) >= 11 is 0. The molecule has 1 atom stereocenters. The van der Waals surface area contributed by atoms with Crippen LogP contribution < -0.4 is 14.4 Å². The molecule has 0 aromatic heterocycles. The SMILES string of the molecule is COc1ccc(CN(C(=O)CN(c2ccc(C)cc2)S(C)(=O)=O)[C@@H](C)C(=O)NC(C)C)cc1. The van der Waals surface area contributed by atoms with E-state index in [1.165, 1.54) is 4.90 Å². The molecule has 0 aliphatic heterocycles. The Morgan fingerprint density at radius 1 is 1.00 bits per heavy atom. The van der Waals surface area contributed by atoms with E-state index in [1.54, 1.807) is 62.6 Å².